The fraction of sp³-hybridized carbons (Fsp3) is 0.250. The van der Waals surface area contributed by atoms with Gasteiger partial charge in [-0.25, -0.2) is 9.78 Å². The molecule has 35 heavy (non-hydrogen) atoms. The van der Waals surface area contributed by atoms with Gasteiger partial charge in [0.05, 0.1) is 28.9 Å². The number of nitrogens with zero attached hydrogens (tertiary/aromatic N) is 1. The van der Waals surface area contributed by atoms with Crippen LogP contribution in [0.15, 0.2) is 54.6 Å². The van der Waals surface area contributed by atoms with Crippen molar-refractivity contribution in [3.05, 3.63) is 81.2 Å². The second kappa shape index (κ2) is 10.2. The van der Waals surface area contributed by atoms with Crippen molar-refractivity contribution >= 4 is 50.7 Å². The number of benzene rings is 2. The van der Waals surface area contributed by atoms with E-state index in [0.717, 1.165) is 54.1 Å². The lowest BCUT2D eigenvalue weighted by Crippen LogP contribution is -2.16. The molecule has 1 aliphatic rings. The van der Waals surface area contributed by atoms with Gasteiger partial charge >= 0.3 is 5.97 Å². The number of amides is 1. The lowest BCUT2D eigenvalue weighted by molar-refractivity contribution is 0.0527. The molecule has 5 rings (SSSR count). The number of carbonyl (C=O) groups is 2. The number of carbonyl (C=O) groups excluding carboxylic acids is 2. The first kappa shape index (κ1) is 23.5. The maximum atomic E-state index is 13.7. The van der Waals surface area contributed by atoms with Crippen LogP contribution in [0, 0.1) is 0 Å². The predicted molar refractivity (Wildman–Crippen MR) is 142 cm³/mol. The summed E-state index contributed by atoms with van der Waals surface area (Å²) in [6, 6.07) is 16.7. The molecule has 1 N–H and O–H groups in total. The van der Waals surface area contributed by atoms with Gasteiger partial charge < -0.3 is 10.1 Å². The number of para-hydroxylation sites is 1. The van der Waals surface area contributed by atoms with Gasteiger partial charge in [-0.05, 0) is 62.4 Å². The van der Waals surface area contributed by atoms with Gasteiger partial charge in [-0.3, -0.25) is 4.79 Å². The van der Waals surface area contributed by atoms with Crippen LogP contribution in [0.2, 0.25) is 5.02 Å². The molecule has 4 aromatic rings. The minimum absolute atomic E-state index is 0.277. The predicted octanol–water partition coefficient (Wildman–Crippen LogP) is 7.31. The third-order valence-electron chi connectivity index (χ3n) is 6.23. The monoisotopic (exact) mass is 504 g/mol. The quantitative estimate of drug-likeness (QED) is 0.228. The van der Waals surface area contributed by atoms with Crippen molar-refractivity contribution in [1.29, 1.82) is 0 Å². The van der Waals surface area contributed by atoms with Crippen LogP contribution in [-0.4, -0.2) is 23.5 Å². The van der Waals surface area contributed by atoms with E-state index < -0.39 is 0 Å². The van der Waals surface area contributed by atoms with Gasteiger partial charge in [-0.2, -0.15) is 0 Å². The average molecular weight is 505 g/mol. The molecule has 0 aliphatic heterocycles. The van der Waals surface area contributed by atoms with Crippen LogP contribution in [0.5, 0.6) is 0 Å². The van der Waals surface area contributed by atoms with Crippen molar-refractivity contribution in [2.45, 2.75) is 39.0 Å². The van der Waals surface area contributed by atoms with E-state index in [2.05, 4.69) is 5.32 Å². The number of fused-ring (bicyclic) bond motifs is 2. The number of thiophene rings is 1. The summed E-state index contributed by atoms with van der Waals surface area (Å²) in [5.41, 5.74) is 4.31. The van der Waals surface area contributed by atoms with Gasteiger partial charge in [0.15, 0.2) is 0 Å². The number of esters is 1. The number of aryl methyl sites for hydroxylation is 1. The number of hydrogen-bond acceptors (Lipinski definition) is 5. The molecular weight excluding hydrogens is 480 g/mol. The van der Waals surface area contributed by atoms with Crippen molar-refractivity contribution in [2.75, 3.05) is 11.9 Å². The maximum absolute atomic E-state index is 13.7. The molecular formula is C28H25ClN2O3S. The Balaban J connectivity index is 1.57. The summed E-state index contributed by atoms with van der Waals surface area (Å²) in [5.74, 6) is -0.649. The number of anilines is 1. The Morgan fingerprint density at radius 2 is 1.83 bits per heavy atom. The van der Waals surface area contributed by atoms with Gasteiger partial charge in [0.2, 0.25) is 0 Å². The summed E-state index contributed by atoms with van der Waals surface area (Å²) in [4.78, 5) is 32.5. The van der Waals surface area contributed by atoms with Crippen LogP contribution in [0.25, 0.3) is 22.2 Å². The second-order valence-electron chi connectivity index (χ2n) is 8.52. The summed E-state index contributed by atoms with van der Waals surface area (Å²) in [6.07, 6.45) is 5.00. The van der Waals surface area contributed by atoms with Crippen LogP contribution < -0.4 is 5.32 Å². The molecule has 2 aromatic heterocycles. The fourth-order valence-electron chi connectivity index (χ4n) is 4.55. The van der Waals surface area contributed by atoms with Crippen molar-refractivity contribution in [3.63, 3.8) is 0 Å². The molecule has 1 aliphatic carbocycles. The normalized spacial score (nSPS) is 13.2. The highest BCUT2D eigenvalue weighted by atomic mass is 35.5. The number of rotatable bonds is 5. The maximum Gasteiger partial charge on any atom is 0.341 e. The van der Waals surface area contributed by atoms with Crippen LogP contribution in [0.4, 0.5) is 5.00 Å². The van der Waals surface area contributed by atoms with E-state index in [4.69, 9.17) is 21.3 Å². The Morgan fingerprint density at radius 3 is 2.63 bits per heavy atom. The molecule has 0 bridgehead atoms. The molecule has 5 nitrogen and oxygen atoms in total. The first-order chi connectivity index (χ1) is 17.0. The SMILES string of the molecule is CCOC(=O)c1c(NC(=O)c2cc(-c3ccc(Cl)cc3)nc3ccccc23)sc2c1CCCCC2. The van der Waals surface area contributed by atoms with Gasteiger partial charge in [0.25, 0.3) is 5.91 Å². The first-order valence-corrected chi connectivity index (χ1v) is 13.0. The molecule has 0 radical (unpaired) electrons. The standard InChI is InChI=1S/C28H25ClN2O3S/c1-2-34-28(33)25-20-9-4-3-5-11-24(20)35-27(25)31-26(32)21-16-23(17-12-14-18(29)15-13-17)30-22-10-7-6-8-19(21)22/h6-8,10,12-16H,2-5,9,11H2,1H3,(H,31,32). The minimum Gasteiger partial charge on any atom is -0.462 e. The number of ether oxygens (including phenoxy) is 1. The third-order valence-corrected chi connectivity index (χ3v) is 7.69. The summed E-state index contributed by atoms with van der Waals surface area (Å²) in [6.45, 7) is 2.08. The number of aromatic nitrogens is 1. The zero-order valence-corrected chi connectivity index (χ0v) is 21.0. The Labute approximate surface area is 213 Å². The van der Waals surface area contributed by atoms with E-state index in [0.29, 0.717) is 26.8 Å². The molecule has 7 heteroatoms. The van der Waals surface area contributed by atoms with E-state index in [1.54, 1.807) is 25.1 Å². The van der Waals surface area contributed by atoms with E-state index in [1.165, 1.54) is 16.2 Å². The van der Waals surface area contributed by atoms with E-state index in [9.17, 15) is 9.59 Å². The summed E-state index contributed by atoms with van der Waals surface area (Å²) >= 11 is 7.56. The molecule has 2 heterocycles. The molecule has 0 saturated carbocycles. The zero-order chi connectivity index (χ0) is 24.4. The average Bonchev–Trinajstić information content (AvgIpc) is 3.04. The highest BCUT2D eigenvalue weighted by Crippen LogP contribution is 2.38. The molecule has 0 saturated heterocycles. The number of hydrogen-bond donors (Lipinski definition) is 1. The lowest BCUT2D eigenvalue weighted by Gasteiger charge is -2.12. The highest BCUT2D eigenvalue weighted by Gasteiger charge is 2.27. The third kappa shape index (κ3) is 4.81. The Kier molecular flexibility index (Phi) is 6.84. The Hall–Kier alpha value is -3.22. The topological polar surface area (TPSA) is 68.3 Å². The van der Waals surface area contributed by atoms with Crippen molar-refractivity contribution in [1.82, 2.24) is 4.98 Å². The van der Waals surface area contributed by atoms with Gasteiger partial charge in [0.1, 0.15) is 5.00 Å². The van der Waals surface area contributed by atoms with Crippen molar-refractivity contribution in [2.24, 2.45) is 0 Å². The van der Waals surface area contributed by atoms with Crippen LogP contribution in [0.1, 0.15) is 57.3 Å². The smallest absolute Gasteiger partial charge is 0.341 e. The fourth-order valence-corrected chi connectivity index (χ4v) is 5.95. The van der Waals surface area contributed by atoms with E-state index >= 15 is 0 Å². The molecule has 0 fully saturated rings. The molecule has 0 atom stereocenters. The van der Waals surface area contributed by atoms with Crippen LogP contribution >= 0.6 is 22.9 Å². The molecule has 178 valence electrons. The number of nitrogens with one attached hydrogen (secondary N) is 1. The lowest BCUT2D eigenvalue weighted by atomic mass is 10.0. The molecule has 0 unspecified atom stereocenters. The van der Waals surface area contributed by atoms with Crippen molar-refractivity contribution < 1.29 is 14.3 Å². The van der Waals surface area contributed by atoms with Crippen LogP contribution in [0.3, 0.4) is 0 Å². The van der Waals surface area contributed by atoms with Crippen molar-refractivity contribution in [3.8, 4) is 11.3 Å². The van der Waals surface area contributed by atoms with Gasteiger partial charge in [0, 0.05) is 20.8 Å². The number of pyridine rings is 1. The van der Waals surface area contributed by atoms with Gasteiger partial charge in [-0.15, -0.1) is 11.3 Å². The van der Waals surface area contributed by atoms with E-state index in [1.807, 2.05) is 36.4 Å². The first-order valence-electron chi connectivity index (χ1n) is 11.8. The van der Waals surface area contributed by atoms with Gasteiger partial charge in [-0.1, -0.05) is 48.4 Å². The number of halogens is 1. The molecule has 2 aromatic carbocycles. The molecule has 1 amide bonds. The summed E-state index contributed by atoms with van der Waals surface area (Å²) < 4.78 is 5.37. The highest BCUT2D eigenvalue weighted by molar-refractivity contribution is 7.17. The second-order valence-corrected chi connectivity index (χ2v) is 10.1. The Bertz CT molecular complexity index is 1410. The zero-order valence-electron chi connectivity index (χ0n) is 19.4. The Morgan fingerprint density at radius 1 is 1.06 bits per heavy atom. The molecule has 0 spiro atoms. The summed E-state index contributed by atoms with van der Waals surface area (Å²) in [7, 11) is 0. The summed E-state index contributed by atoms with van der Waals surface area (Å²) in [5, 5.41) is 5.00. The van der Waals surface area contributed by atoms with Crippen LogP contribution in [-0.2, 0) is 17.6 Å². The largest absolute Gasteiger partial charge is 0.462 e. The van der Waals surface area contributed by atoms with E-state index in [-0.39, 0.29) is 18.5 Å². The minimum atomic E-state index is -0.372.